The summed E-state index contributed by atoms with van der Waals surface area (Å²) in [6.45, 7) is 1.68. The van der Waals surface area contributed by atoms with Gasteiger partial charge in [0.25, 0.3) is 0 Å². The van der Waals surface area contributed by atoms with Gasteiger partial charge in [-0.2, -0.15) is 0 Å². The van der Waals surface area contributed by atoms with E-state index in [2.05, 4.69) is 15.2 Å². The lowest BCUT2D eigenvalue weighted by atomic mass is 9.83. The molecule has 0 amide bonds. The van der Waals surface area contributed by atoms with Crippen LogP contribution >= 0.6 is 0 Å². The number of rotatable bonds is 4. The number of Topliss-reactive ketones (excluding diaryl/α,β-unsaturated/α-hetero) is 1. The van der Waals surface area contributed by atoms with Crippen LogP contribution in [0.1, 0.15) is 33.3 Å². The molecule has 0 aliphatic carbocycles. The first-order chi connectivity index (χ1) is 11.5. The summed E-state index contributed by atoms with van der Waals surface area (Å²) in [5.41, 5.74) is 2.08. The lowest BCUT2D eigenvalue weighted by Gasteiger charge is -2.24. The number of hydroxylamine groups is 1. The van der Waals surface area contributed by atoms with Gasteiger partial charge in [0, 0.05) is 11.8 Å². The number of ketones is 1. The summed E-state index contributed by atoms with van der Waals surface area (Å²) in [6.07, 6.45) is 2.98. The molecule has 1 aromatic heterocycles. The van der Waals surface area contributed by atoms with Crippen LogP contribution in [0.3, 0.4) is 0 Å². The fraction of sp³-hybridized carbons (Fsp3) is 0.176. The van der Waals surface area contributed by atoms with Gasteiger partial charge in [-0.15, -0.1) is 5.48 Å². The molecule has 1 aliphatic rings. The Morgan fingerprint density at radius 3 is 2.71 bits per heavy atom. The Hall–Kier alpha value is -2.93. The smallest absolute Gasteiger partial charge is 0.354 e. The van der Waals surface area contributed by atoms with E-state index in [4.69, 9.17) is 4.84 Å². The summed E-state index contributed by atoms with van der Waals surface area (Å²) >= 11 is 0. The number of H-pyrrole nitrogens is 1. The largest absolute Gasteiger partial charge is 0.464 e. The minimum absolute atomic E-state index is 0.148. The molecule has 0 fully saturated rings. The van der Waals surface area contributed by atoms with Crippen molar-refractivity contribution in [3.63, 3.8) is 0 Å². The second-order valence-electron chi connectivity index (χ2n) is 5.40. The van der Waals surface area contributed by atoms with E-state index >= 15 is 0 Å². The Labute approximate surface area is 137 Å². The Balaban J connectivity index is 2.06. The van der Waals surface area contributed by atoms with Crippen LogP contribution in [0.25, 0.3) is 0 Å². The van der Waals surface area contributed by atoms with E-state index in [0.717, 1.165) is 0 Å². The van der Waals surface area contributed by atoms with Crippen LogP contribution in [0.5, 0.6) is 0 Å². The van der Waals surface area contributed by atoms with Crippen LogP contribution in [0.15, 0.2) is 48.4 Å². The van der Waals surface area contributed by atoms with Gasteiger partial charge in [0.1, 0.15) is 17.3 Å². The van der Waals surface area contributed by atoms with Gasteiger partial charge in [0.2, 0.25) is 0 Å². The minimum atomic E-state index is -1.37. The molecular weight excluding hydrogens is 315 g/mol. The number of aromatic amines is 1. The molecule has 2 heterocycles. The minimum Gasteiger partial charge on any atom is -0.464 e. The fourth-order valence-corrected chi connectivity index (χ4v) is 2.62. The van der Waals surface area contributed by atoms with Gasteiger partial charge in [-0.25, -0.2) is 9.18 Å². The predicted octanol–water partition coefficient (Wildman–Crippen LogP) is 2.46. The van der Waals surface area contributed by atoms with Crippen LogP contribution in [0.4, 0.5) is 4.39 Å². The van der Waals surface area contributed by atoms with E-state index < -0.39 is 23.1 Å². The average Bonchev–Trinajstić information content (AvgIpc) is 3.21. The van der Waals surface area contributed by atoms with E-state index in [1.165, 1.54) is 37.6 Å². The summed E-state index contributed by atoms with van der Waals surface area (Å²) in [5.74, 6) is -0.965. The van der Waals surface area contributed by atoms with Crippen LogP contribution in [0.2, 0.25) is 0 Å². The van der Waals surface area contributed by atoms with Gasteiger partial charge in [0.05, 0.1) is 7.11 Å². The van der Waals surface area contributed by atoms with E-state index in [1.807, 2.05) is 0 Å². The maximum atomic E-state index is 13.6. The van der Waals surface area contributed by atoms with Gasteiger partial charge in [-0.05, 0) is 36.8 Å². The normalized spacial score (nSPS) is 19.5. The highest BCUT2D eigenvalue weighted by Gasteiger charge is 2.44. The molecule has 0 saturated carbocycles. The summed E-state index contributed by atoms with van der Waals surface area (Å²) in [4.78, 5) is 32.6. The van der Waals surface area contributed by atoms with Gasteiger partial charge in [0.15, 0.2) is 11.3 Å². The molecule has 0 saturated heterocycles. The highest BCUT2D eigenvalue weighted by Crippen LogP contribution is 2.33. The van der Waals surface area contributed by atoms with E-state index in [9.17, 15) is 14.0 Å². The molecule has 1 aliphatic heterocycles. The van der Waals surface area contributed by atoms with Gasteiger partial charge >= 0.3 is 5.97 Å². The van der Waals surface area contributed by atoms with Crippen molar-refractivity contribution < 1.29 is 23.6 Å². The molecule has 6 nitrogen and oxygen atoms in total. The highest BCUT2D eigenvalue weighted by molar-refractivity contribution is 6.06. The Morgan fingerprint density at radius 1 is 1.29 bits per heavy atom. The summed E-state index contributed by atoms with van der Waals surface area (Å²) in [6, 6.07) is 7.08. The number of halogens is 1. The molecule has 24 heavy (non-hydrogen) atoms. The number of carbonyl (C=O) groups excluding carboxylic acids is 2. The monoisotopic (exact) mass is 330 g/mol. The fourth-order valence-electron chi connectivity index (χ4n) is 2.62. The van der Waals surface area contributed by atoms with E-state index in [-0.39, 0.29) is 11.3 Å². The molecule has 0 bridgehead atoms. The van der Waals surface area contributed by atoms with Crippen molar-refractivity contribution >= 4 is 11.8 Å². The predicted molar refractivity (Wildman–Crippen MR) is 82.5 cm³/mol. The number of carbonyl (C=O) groups is 2. The molecule has 1 aromatic carbocycles. The van der Waals surface area contributed by atoms with Gasteiger partial charge in [-0.3, -0.25) is 4.79 Å². The molecule has 1 unspecified atom stereocenters. The molecule has 3 rings (SSSR count). The first kappa shape index (κ1) is 15.9. The Bertz CT molecular complexity index is 843. The standard InChI is InChI=1S/C17H15FN2O4/c1-10-8-17(20-24-10,12-4-3-5-13(18)7-12)15(21)11-6-14(19-9-11)16(22)23-2/h3-9,19-20H,1-2H3. The third-order valence-electron chi connectivity index (χ3n) is 3.78. The molecule has 1 atom stereocenters. The zero-order chi connectivity index (χ0) is 17.3. The lowest BCUT2D eigenvalue weighted by Crippen LogP contribution is -2.44. The van der Waals surface area contributed by atoms with Crippen molar-refractivity contribution in [1.82, 2.24) is 10.5 Å². The molecule has 0 spiro atoms. The summed E-state index contributed by atoms with van der Waals surface area (Å²) in [7, 11) is 1.25. The molecular formula is C17H15FN2O4. The van der Waals surface area contributed by atoms with Crippen molar-refractivity contribution in [3.8, 4) is 0 Å². The molecule has 7 heteroatoms. The van der Waals surface area contributed by atoms with Crippen molar-refractivity contribution in [2.24, 2.45) is 0 Å². The second kappa shape index (κ2) is 5.93. The van der Waals surface area contributed by atoms with Crippen LogP contribution < -0.4 is 5.48 Å². The SMILES string of the molecule is COC(=O)c1cc(C(=O)C2(c3cccc(F)c3)C=C(C)ON2)c[nH]1. The van der Waals surface area contributed by atoms with Crippen LogP contribution in [-0.4, -0.2) is 23.8 Å². The van der Waals surface area contributed by atoms with Crippen molar-refractivity contribution in [2.45, 2.75) is 12.5 Å². The Kier molecular flexibility index (Phi) is 3.94. The van der Waals surface area contributed by atoms with Gasteiger partial charge < -0.3 is 14.6 Å². The third kappa shape index (κ3) is 2.59. The Morgan fingerprint density at radius 2 is 2.08 bits per heavy atom. The van der Waals surface area contributed by atoms with Crippen molar-refractivity contribution in [1.29, 1.82) is 0 Å². The van der Waals surface area contributed by atoms with Crippen molar-refractivity contribution in [3.05, 3.63) is 71.0 Å². The first-order valence-corrected chi connectivity index (χ1v) is 7.17. The summed E-state index contributed by atoms with van der Waals surface area (Å²) < 4.78 is 18.3. The number of hydrogen-bond acceptors (Lipinski definition) is 5. The number of hydrogen-bond donors (Lipinski definition) is 2. The lowest BCUT2D eigenvalue weighted by molar-refractivity contribution is 0.0583. The van der Waals surface area contributed by atoms with E-state index in [0.29, 0.717) is 11.3 Å². The number of ether oxygens (including phenoxy) is 1. The number of allylic oxidation sites excluding steroid dienone is 1. The molecule has 124 valence electrons. The van der Waals surface area contributed by atoms with Gasteiger partial charge in [-0.1, -0.05) is 12.1 Å². The van der Waals surface area contributed by atoms with E-state index in [1.54, 1.807) is 19.1 Å². The first-order valence-electron chi connectivity index (χ1n) is 7.17. The number of esters is 1. The topological polar surface area (TPSA) is 80.4 Å². The molecule has 2 aromatic rings. The zero-order valence-corrected chi connectivity index (χ0v) is 13.1. The number of aromatic nitrogens is 1. The number of benzene rings is 1. The van der Waals surface area contributed by atoms with Crippen molar-refractivity contribution in [2.75, 3.05) is 7.11 Å². The third-order valence-corrected chi connectivity index (χ3v) is 3.78. The maximum Gasteiger partial charge on any atom is 0.354 e. The molecule has 2 N–H and O–H groups in total. The maximum absolute atomic E-state index is 13.6. The van der Waals surface area contributed by atoms with Crippen LogP contribution in [-0.2, 0) is 15.1 Å². The zero-order valence-electron chi connectivity index (χ0n) is 13.1. The van der Waals surface area contributed by atoms with Crippen LogP contribution in [0, 0.1) is 5.82 Å². The molecule has 0 radical (unpaired) electrons. The highest BCUT2D eigenvalue weighted by atomic mass is 19.1. The number of methoxy groups -OCH3 is 1. The second-order valence-corrected chi connectivity index (χ2v) is 5.40. The quantitative estimate of drug-likeness (QED) is 0.665. The number of nitrogens with one attached hydrogen (secondary N) is 2. The average molecular weight is 330 g/mol. The summed E-state index contributed by atoms with van der Waals surface area (Å²) in [5, 5.41) is 0.